The molecule has 1 aliphatic heterocycles. The number of phenolic OH excluding ortho intramolecular Hbond substituents is 1. The summed E-state index contributed by atoms with van der Waals surface area (Å²) in [6, 6.07) is 11.8. The van der Waals surface area contributed by atoms with Crippen molar-refractivity contribution in [3.05, 3.63) is 64.2 Å². The molecule has 0 saturated heterocycles. The first-order valence-electron chi connectivity index (χ1n) is 8.17. The lowest BCUT2D eigenvalue weighted by molar-refractivity contribution is 0.0731. The van der Waals surface area contributed by atoms with E-state index in [-0.39, 0.29) is 11.7 Å². The summed E-state index contributed by atoms with van der Waals surface area (Å²) in [5.74, 6) is 0.318. The highest BCUT2D eigenvalue weighted by molar-refractivity contribution is 5.97. The van der Waals surface area contributed by atoms with Gasteiger partial charge in [-0.05, 0) is 53.6 Å². The Morgan fingerprint density at radius 2 is 1.87 bits per heavy atom. The van der Waals surface area contributed by atoms with E-state index < -0.39 is 0 Å². The standard InChI is InChI=1S/C20H23NO2/c1-13(2)17-11-18(19(22)10-14(17)3)20(23)21-9-8-15-6-4-5-7-16(15)12-21/h4-7,10-11,13,22H,8-9,12H2,1-3H3. The highest BCUT2D eigenvalue weighted by Crippen LogP contribution is 2.29. The Bertz CT molecular complexity index is 749. The van der Waals surface area contributed by atoms with Crippen LogP contribution in [0, 0.1) is 6.92 Å². The lowest BCUT2D eigenvalue weighted by atomic mass is 9.94. The number of carbonyl (C=O) groups is 1. The zero-order valence-corrected chi connectivity index (χ0v) is 14.0. The van der Waals surface area contributed by atoms with Crippen molar-refractivity contribution in [2.75, 3.05) is 6.54 Å². The SMILES string of the molecule is Cc1cc(O)c(C(=O)N2CCc3ccccc3C2)cc1C(C)C. The lowest BCUT2D eigenvalue weighted by Gasteiger charge is -2.29. The van der Waals surface area contributed by atoms with Crippen molar-refractivity contribution in [1.29, 1.82) is 0 Å². The van der Waals surface area contributed by atoms with Crippen LogP contribution in [0.25, 0.3) is 0 Å². The molecule has 2 aromatic carbocycles. The quantitative estimate of drug-likeness (QED) is 0.910. The van der Waals surface area contributed by atoms with Crippen LogP contribution < -0.4 is 0 Å². The van der Waals surface area contributed by atoms with E-state index in [0.29, 0.717) is 24.6 Å². The molecule has 3 rings (SSSR count). The summed E-state index contributed by atoms with van der Waals surface area (Å²) in [6.45, 7) is 7.48. The Morgan fingerprint density at radius 3 is 2.57 bits per heavy atom. The van der Waals surface area contributed by atoms with E-state index in [2.05, 4.69) is 26.0 Å². The third-order valence-corrected chi connectivity index (χ3v) is 4.65. The summed E-state index contributed by atoms with van der Waals surface area (Å²) in [5.41, 5.74) is 5.07. The fourth-order valence-corrected chi connectivity index (χ4v) is 3.34. The monoisotopic (exact) mass is 309 g/mol. The first-order chi connectivity index (χ1) is 11.0. The molecule has 120 valence electrons. The van der Waals surface area contributed by atoms with Gasteiger partial charge in [0.2, 0.25) is 0 Å². The third-order valence-electron chi connectivity index (χ3n) is 4.65. The van der Waals surface area contributed by atoms with Crippen LogP contribution in [0.5, 0.6) is 5.75 Å². The Kier molecular flexibility index (Phi) is 4.12. The van der Waals surface area contributed by atoms with E-state index in [0.717, 1.165) is 17.5 Å². The number of aryl methyl sites for hydroxylation is 1. The van der Waals surface area contributed by atoms with E-state index in [9.17, 15) is 9.90 Å². The molecule has 3 nitrogen and oxygen atoms in total. The Balaban J connectivity index is 1.91. The minimum absolute atomic E-state index is 0.0794. The van der Waals surface area contributed by atoms with Crippen molar-refractivity contribution < 1.29 is 9.90 Å². The molecule has 0 unspecified atom stereocenters. The van der Waals surface area contributed by atoms with Crippen molar-refractivity contribution in [1.82, 2.24) is 4.90 Å². The van der Waals surface area contributed by atoms with Gasteiger partial charge < -0.3 is 10.0 Å². The molecule has 1 N–H and O–H groups in total. The molecule has 0 fully saturated rings. The number of hydrogen-bond donors (Lipinski definition) is 1. The highest BCUT2D eigenvalue weighted by Gasteiger charge is 2.24. The number of rotatable bonds is 2. The Morgan fingerprint density at radius 1 is 1.17 bits per heavy atom. The van der Waals surface area contributed by atoms with Gasteiger partial charge in [-0.25, -0.2) is 0 Å². The number of amides is 1. The zero-order valence-electron chi connectivity index (χ0n) is 14.0. The predicted molar refractivity (Wildman–Crippen MR) is 91.8 cm³/mol. The molecule has 1 heterocycles. The largest absolute Gasteiger partial charge is 0.507 e. The van der Waals surface area contributed by atoms with Crippen LogP contribution in [-0.2, 0) is 13.0 Å². The molecule has 1 amide bonds. The minimum Gasteiger partial charge on any atom is -0.507 e. The fraction of sp³-hybridized carbons (Fsp3) is 0.350. The van der Waals surface area contributed by atoms with Crippen LogP contribution in [0.2, 0.25) is 0 Å². The number of benzene rings is 2. The Hall–Kier alpha value is -2.29. The molecule has 1 aliphatic rings. The highest BCUT2D eigenvalue weighted by atomic mass is 16.3. The van der Waals surface area contributed by atoms with Gasteiger partial charge in [-0.2, -0.15) is 0 Å². The summed E-state index contributed by atoms with van der Waals surface area (Å²) < 4.78 is 0. The summed E-state index contributed by atoms with van der Waals surface area (Å²) in [6.07, 6.45) is 0.867. The number of phenols is 1. The molecule has 0 aliphatic carbocycles. The smallest absolute Gasteiger partial charge is 0.257 e. The van der Waals surface area contributed by atoms with Crippen LogP contribution in [-0.4, -0.2) is 22.5 Å². The summed E-state index contributed by atoms with van der Waals surface area (Å²) in [4.78, 5) is 14.7. The number of fused-ring (bicyclic) bond motifs is 1. The van der Waals surface area contributed by atoms with Crippen LogP contribution >= 0.6 is 0 Å². The normalized spacial score (nSPS) is 14.0. The molecule has 0 bridgehead atoms. The summed E-state index contributed by atoms with van der Waals surface area (Å²) in [7, 11) is 0. The van der Waals surface area contributed by atoms with E-state index in [1.807, 2.05) is 30.0 Å². The maximum atomic E-state index is 12.9. The molecule has 0 spiro atoms. The van der Waals surface area contributed by atoms with Crippen LogP contribution in [0.15, 0.2) is 36.4 Å². The van der Waals surface area contributed by atoms with Gasteiger partial charge in [-0.15, -0.1) is 0 Å². The molecule has 0 saturated carbocycles. The van der Waals surface area contributed by atoms with E-state index in [1.165, 1.54) is 11.1 Å². The van der Waals surface area contributed by atoms with Crippen LogP contribution in [0.1, 0.15) is 52.4 Å². The minimum atomic E-state index is -0.0843. The average molecular weight is 309 g/mol. The zero-order chi connectivity index (χ0) is 16.6. The van der Waals surface area contributed by atoms with Gasteiger partial charge in [0.1, 0.15) is 5.75 Å². The summed E-state index contributed by atoms with van der Waals surface area (Å²) in [5, 5.41) is 10.2. The maximum Gasteiger partial charge on any atom is 0.257 e. The van der Waals surface area contributed by atoms with Crippen molar-refractivity contribution >= 4 is 5.91 Å². The third kappa shape index (κ3) is 2.96. The molecular formula is C20H23NO2. The summed E-state index contributed by atoms with van der Waals surface area (Å²) >= 11 is 0. The van der Waals surface area contributed by atoms with Crippen molar-refractivity contribution in [3.8, 4) is 5.75 Å². The number of aromatic hydroxyl groups is 1. The fourth-order valence-electron chi connectivity index (χ4n) is 3.34. The van der Waals surface area contributed by atoms with Gasteiger partial charge in [-0.3, -0.25) is 4.79 Å². The second-order valence-corrected chi connectivity index (χ2v) is 6.63. The molecule has 0 radical (unpaired) electrons. The molecular weight excluding hydrogens is 286 g/mol. The molecule has 0 atom stereocenters. The van der Waals surface area contributed by atoms with Gasteiger partial charge in [-0.1, -0.05) is 38.1 Å². The first kappa shape index (κ1) is 15.6. The van der Waals surface area contributed by atoms with Crippen molar-refractivity contribution in [2.24, 2.45) is 0 Å². The molecule has 3 heteroatoms. The number of carbonyl (C=O) groups excluding carboxylic acids is 1. The van der Waals surface area contributed by atoms with Crippen molar-refractivity contribution in [2.45, 2.75) is 39.7 Å². The molecule has 0 aromatic heterocycles. The second-order valence-electron chi connectivity index (χ2n) is 6.63. The van der Waals surface area contributed by atoms with Crippen LogP contribution in [0.4, 0.5) is 0 Å². The van der Waals surface area contributed by atoms with E-state index in [4.69, 9.17) is 0 Å². The second kappa shape index (κ2) is 6.07. The molecule has 2 aromatic rings. The number of nitrogens with zero attached hydrogens (tertiary/aromatic N) is 1. The number of hydrogen-bond acceptors (Lipinski definition) is 2. The van der Waals surface area contributed by atoms with E-state index in [1.54, 1.807) is 6.07 Å². The van der Waals surface area contributed by atoms with Gasteiger partial charge in [0, 0.05) is 13.1 Å². The van der Waals surface area contributed by atoms with Gasteiger partial charge in [0.25, 0.3) is 5.91 Å². The van der Waals surface area contributed by atoms with Gasteiger partial charge >= 0.3 is 0 Å². The first-order valence-corrected chi connectivity index (χ1v) is 8.17. The van der Waals surface area contributed by atoms with Crippen LogP contribution in [0.3, 0.4) is 0 Å². The van der Waals surface area contributed by atoms with E-state index >= 15 is 0 Å². The van der Waals surface area contributed by atoms with Gasteiger partial charge in [0.05, 0.1) is 5.56 Å². The van der Waals surface area contributed by atoms with Gasteiger partial charge in [0.15, 0.2) is 0 Å². The maximum absolute atomic E-state index is 12.9. The predicted octanol–water partition coefficient (Wildman–Crippen LogP) is 4.02. The topological polar surface area (TPSA) is 40.5 Å². The van der Waals surface area contributed by atoms with Crippen molar-refractivity contribution in [3.63, 3.8) is 0 Å². The average Bonchev–Trinajstić information content (AvgIpc) is 2.53. The Labute approximate surface area is 137 Å². The lowest BCUT2D eigenvalue weighted by Crippen LogP contribution is -2.36. The molecule has 23 heavy (non-hydrogen) atoms.